The van der Waals surface area contributed by atoms with Crippen molar-refractivity contribution in [1.82, 2.24) is 9.78 Å². The second-order valence-corrected chi connectivity index (χ2v) is 2.11. The number of anilines is 1. The Bertz CT molecular complexity index is 172. The summed E-state index contributed by atoms with van der Waals surface area (Å²) in [5.74, 6) is 0. The number of nitrogen functional groups attached to an aromatic ring is 1. The average Bonchev–Trinajstić information content (AvgIpc) is 2.14. The van der Waals surface area contributed by atoms with Crippen LogP contribution >= 0.6 is 22.6 Å². The monoisotopic (exact) mass is 223 g/mol. The first-order valence-electron chi connectivity index (χ1n) is 2.17. The molecule has 0 saturated carbocycles. The molecule has 0 fully saturated rings. The lowest BCUT2D eigenvalue weighted by Crippen LogP contribution is -1.89. The van der Waals surface area contributed by atoms with Gasteiger partial charge in [-0.1, -0.05) is 22.6 Å². The molecule has 0 saturated heterocycles. The third kappa shape index (κ3) is 1.12. The molecule has 1 heterocycles. The number of rotatable bonds is 1. The van der Waals surface area contributed by atoms with Crippen LogP contribution in [0.2, 0.25) is 0 Å². The van der Waals surface area contributed by atoms with Crippen LogP contribution in [0.15, 0.2) is 12.4 Å². The Morgan fingerprint density at radius 1 is 1.88 bits per heavy atom. The maximum atomic E-state index is 5.37. The molecule has 0 spiro atoms. The topological polar surface area (TPSA) is 43.8 Å². The minimum Gasteiger partial charge on any atom is -0.396 e. The number of alkyl halides is 1. The molecule has 0 aromatic carbocycles. The molecule has 2 N–H and O–H groups in total. The first kappa shape index (κ1) is 5.87. The van der Waals surface area contributed by atoms with E-state index in [1.165, 1.54) is 0 Å². The molecule has 0 atom stereocenters. The lowest BCUT2D eigenvalue weighted by molar-refractivity contribution is 0.768. The van der Waals surface area contributed by atoms with E-state index in [9.17, 15) is 0 Å². The van der Waals surface area contributed by atoms with E-state index < -0.39 is 0 Å². The van der Waals surface area contributed by atoms with Crippen molar-refractivity contribution in [2.45, 2.75) is 4.55 Å². The molecule has 44 valence electrons. The molecule has 1 aromatic heterocycles. The quantitative estimate of drug-likeness (QED) is 0.566. The van der Waals surface area contributed by atoms with Gasteiger partial charge in [-0.15, -0.1) is 0 Å². The molecule has 1 rings (SSSR count). The highest BCUT2D eigenvalue weighted by Gasteiger charge is 1.87. The molecule has 8 heavy (non-hydrogen) atoms. The number of nitrogens with zero attached hydrogens (tertiary/aromatic N) is 2. The number of halogens is 1. The predicted molar refractivity (Wildman–Crippen MR) is 40.7 cm³/mol. The van der Waals surface area contributed by atoms with Gasteiger partial charge >= 0.3 is 0 Å². The second-order valence-electron chi connectivity index (χ2n) is 1.43. The van der Waals surface area contributed by atoms with E-state index in [1.54, 1.807) is 17.1 Å². The lowest BCUT2D eigenvalue weighted by Gasteiger charge is -1.86. The van der Waals surface area contributed by atoms with Gasteiger partial charge < -0.3 is 5.73 Å². The van der Waals surface area contributed by atoms with Gasteiger partial charge in [0.25, 0.3) is 0 Å². The van der Waals surface area contributed by atoms with Crippen molar-refractivity contribution in [2.24, 2.45) is 0 Å². The Morgan fingerprint density at radius 3 is 2.88 bits per heavy atom. The summed E-state index contributed by atoms with van der Waals surface area (Å²) in [6.07, 6.45) is 3.44. The van der Waals surface area contributed by atoms with E-state index in [2.05, 4.69) is 27.7 Å². The maximum absolute atomic E-state index is 5.37. The highest BCUT2D eigenvalue weighted by atomic mass is 127. The van der Waals surface area contributed by atoms with Gasteiger partial charge in [-0.2, -0.15) is 5.10 Å². The van der Waals surface area contributed by atoms with Crippen molar-refractivity contribution in [3.63, 3.8) is 0 Å². The summed E-state index contributed by atoms with van der Waals surface area (Å²) in [4.78, 5) is 0. The van der Waals surface area contributed by atoms with Gasteiger partial charge in [0.1, 0.15) is 0 Å². The summed E-state index contributed by atoms with van der Waals surface area (Å²) in [5.41, 5.74) is 6.09. The highest BCUT2D eigenvalue weighted by molar-refractivity contribution is 14.1. The molecular formula is C4H6IN3. The molecule has 4 heteroatoms. The third-order valence-corrected chi connectivity index (χ3v) is 1.47. The van der Waals surface area contributed by atoms with Gasteiger partial charge in [-0.25, -0.2) is 0 Å². The minimum absolute atomic E-state index is 0.724. The fraction of sp³-hybridized carbons (Fsp3) is 0.250. The molecule has 0 unspecified atom stereocenters. The molecule has 0 aliphatic heterocycles. The van der Waals surface area contributed by atoms with E-state index >= 15 is 0 Å². The predicted octanol–water partition coefficient (Wildman–Crippen LogP) is 0.858. The van der Waals surface area contributed by atoms with Crippen LogP contribution in [0.4, 0.5) is 5.69 Å². The number of nitrogens with two attached hydrogens (primary N) is 1. The van der Waals surface area contributed by atoms with Gasteiger partial charge in [0.2, 0.25) is 0 Å². The molecule has 0 radical (unpaired) electrons. The standard InChI is InChI=1S/C4H6IN3/c5-3-8-2-4(6)1-7-8/h1-2H,3,6H2. The van der Waals surface area contributed by atoms with Crippen molar-refractivity contribution in [2.75, 3.05) is 5.73 Å². The number of aromatic nitrogens is 2. The third-order valence-electron chi connectivity index (χ3n) is 0.776. The Labute approximate surface area is 61.0 Å². The summed E-state index contributed by atoms with van der Waals surface area (Å²) in [5, 5.41) is 3.92. The Hall–Kier alpha value is -0.260. The maximum Gasteiger partial charge on any atom is 0.0924 e. The van der Waals surface area contributed by atoms with Crippen LogP contribution in [0.3, 0.4) is 0 Å². The number of hydrogen-bond donors (Lipinski definition) is 1. The van der Waals surface area contributed by atoms with E-state index in [-0.39, 0.29) is 0 Å². The molecular weight excluding hydrogens is 217 g/mol. The van der Waals surface area contributed by atoms with Crippen LogP contribution in [-0.4, -0.2) is 9.78 Å². The average molecular weight is 223 g/mol. The summed E-state index contributed by atoms with van der Waals surface area (Å²) >= 11 is 2.21. The van der Waals surface area contributed by atoms with Crippen molar-refractivity contribution in [1.29, 1.82) is 0 Å². The molecule has 1 aromatic rings. The van der Waals surface area contributed by atoms with Gasteiger partial charge in [0.05, 0.1) is 16.4 Å². The van der Waals surface area contributed by atoms with E-state index in [0.717, 1.165) is 10.2 Å². The summed E-state index contributed by atoms with van der Waals surface area (Å²) in [6, 6.07) is 0. The van der Waals surface area contributed by atoms with Crippen LogP contribution in [0.25, 0.3) is 0 Å². The first-order valence-corrected chi connectivity index (χ1v) is 3.69. The summed E-state index contributed by atoms with van der Waals surface area (Å²) in [7, 11) is 0. The molecule has 0 bridgehead atoms. The Morgan fingerprint density at radius 2 is 2.62 bits per heavy atom. The SMILES string of the molecule is Nc1cnn(CI)c1. The fourth-order valence-electron chi connectivity index (χ4n) is 0.445. The fourth-order valence-corrected chi connectivity index (χ4v) is 0.818. The van der Waals surface area contributed by atoms with Crippen LogP contribution in [-0.2, 0) is 4.55 Å². The smallest absolute Gasteiger partial charge is 0.0924 e. The first-order chi connectivity index (χ1) is 3.83. The lowest BCUT2D eigenvalue weighted by atomic mass is 10.6. The largest absolute Gasteiger partial charge is 0.396 e. The van der Waals surface area contributed by atoms with Gasteiger partial charge in [-0.3, -0.25) is 4.68 Å². The van der Waals surface area contributed by atoms with E-state index in [4.69, 9.17) is 5.73 Å². The van der Waals surface area contributed by atoms with Crippen molar-refractivity contribution in [3.8, 4) is 0 Å². The van der Waals surface area contributed by atoms with E-state index in [0.29, 0.717) is 0 Å². The van der Waals surface area contributed by atoms with Gasteiger partial charge in [0.15, 0.2) is 0 Å². The molecule has 0 amide bonds. The molecule has 0 aliphatic rings. The van der Waals surface area contributed by atoms with Crippen LogP contribution in [0.1, 0.15) is 0 Å². The van der Waals surface area contributed by atoms with Gasteiger partial charge in [0, 0.05) is 6.20 Å². The highest BCUT2D eigenvalue weighted by Crippen LogP contribution is 1.98. The molecule has 0 aliphatic carbocycles. The summed E-state index contributed by atoms with van der Waals surface area (Å²) < 4.78 is 2.63. The van der Waals surface area contributed by atoms with E-state index in [1.807, 2.05) is 0 Å². The van der Waals surface area contributed by atoms with Crippen LogP contribution in [0, 0.1) is 0 Å². The van der Waals surface area contributed by atoms with Crippen LogP contribution in [0.5, 0.6) is 0 Å². The van der Waals surface area contributed by atoms with Gasteiger partial charge in [-0.05, 0) is 0 Å². The summed E-state index contributed by atoms with van der Waals surface area (Å²) in [6.45, 7) is 0. The van der Waals surface area contributed by atoms with Crippen molar-refractivity contribution in [3.05, 3.63) is 12.4 Å². The number of hydrogen-bond acceptors (Lipinski definition) is 2. The second kappa shape index (κ2) is 2.34. The molecule has 3 nitrogen and oxygen atoms in total. The zero-order chi connectivity index (χ0) is 5.98. The minimum atomic E-state index is 0.724. The van der Waals surface area contributed by atoms with Crippen molar-refractivity contribution < 1.29 is 0 Å². The Balaban J connectivity index is 2.84. The van der Waals surface area contributed by atoms with Crippen LogP contribution < -0.4 is 5.73 Å². The normalized spacial score (nSPS) is 9.62. The van der Waals surface area contributed by atoms with Crippen molar-refractivity contribution >= 4 is 28.3 Å². The zero-order valence-corrected chi connectivity index (χ0v) is 6.37. The Kier molecular flexibility index (Phi) is 1.72. The zero-order valence-electron chi connectivity index (χ0n) is 4.21.